The van der Waals surface area contributed by atoms with Crippen LogP contribution in [-0.2, 0) is 9.63 Å². The van der Waals surface area contributed by atoms with Crippen LogP contribution in [0.3, 0.4) is 0 Å². The lowest BCUT2D eigenvalue weighted by Crippen LogP contribution is -3.00. The van der Waals surface area contributed by atoms with Crippen LogP contribution in [0.15, 0.2) is 54.6 Å². The fourth-order valence-electron chi connectivity index (χ4n) is 4.07. The van der Waals surface area contributed by atoms with E-state index in [2.05, 4.69) is 5.32 Å². The summed E-state index contributed by atoms with van der Waals surface area (Å²) >= 11 is 0. The first-order valence-electron chi connectivity index (χ1n) is 9.30. The van der Waals surface area contributed by atoms with Crippen LogP contribution in [0.25, 0.3) is 0 Å². The van der Waals surface area contributed by atoms with Crippen LogP contribution >= 0.6 is 0 Å². The van der Waals surface area contributed by atoms with E-state index in [1.54, 1.807) is 12.1 Å². The third kappa shape index (κ3) is 4.42. The van der Waals surface area contributed by atoms with E-state index in [0.29, 0.717) is 10.3 Å². The molecule has 3 fully saturated rings. The zero-order chi connectivity index (χ0) is 18.0. The van der Waals surface area contributed by atoms with Crippen molar-refractivity contribution in [1.82, 2.24) is 0 Å². The van der Waals surface area contributed by atoms with Crippen molar-refractivity contribution in [1.29, 1.82) is 0 Å². The van der Waals surface area contributed by atoms with Gasteiger partial charge in [0.05, 0.1) is 0 Å². The van der Waals surface area contributed by atoms with Crippen molar-refractivity contribution in [3.05, 3.63) is 66.0 Å². The molecule has 0 amide bonds. The Morgan fingerprint density at radius 1 is 1.04 bits per heavy atom. The van der Waals surface area contributed by atoms with Gasteiger partial charge < -0.3 is 17.7 Å². The fourth-order valence-corrected chi connectivity index (χ4v) is 4.07. The average molecular weight is 391 g/mol. The second kappa shape index (κ2) is 8.28. The van der Waals surface area contributed by atoms with E-state index in [4.69, 9.17) is 4.84 Å². The molecule has 5 rings (SSSR count). The summed E-state index contributed by atoms with van der Waals surface area (Å²) in [7, 11) is 0. The number of piperidine rings is 3. The number of halogens is 2. The van der Waals surface area contributed by atoms with Gasteiger partial charge in [-0.1, -0.05) is 36.4 Å². The molecule has 3 aliphatic heterocycles. The van der Waals surface area contributed by atoms with Crippen LogP contribution in [0.5, 0.6) is 0 Å². The number of anilines is 1. The van der Waals surface area contributed by atoms with Gasteiger partial charge in [0, 0.05) is 24.9 Å². The van der Waals surface area contributed by atoms with E-state index in [-0.39, 0.29) is 24.2 Å². The van der Waals surface area contributed by atoms with E-state index < -0.39 is 6.04 Å². The van der Waals surface area contributed by atoms with Crippen LogP contribution in [-0.4, -0.2) is 30.2 Å². The number of hydrogen-bond donors (Lipinski definition) is 1. The first-order chi connectivity index (χ1) is 12.6. The molecule has 0 radical (unpaired) electrons. The Morgan fingerprint density at radius 3 is 2.33 bits per heavy atom. The lowest BCUT2D eigenvalue weighted by Gasteiger charge is -2.45. The van der Waals surface area contributed by atoms with Crippen LogP contribution in [0, 0.1) is 11.7 Å². The number of carbonyl (C=O) groups is 1. The van der Waals surface area contributed by atoms with Crippen LogP contribution in [0.1, 0.15) is 30.9 Å². The summed E-state index contributed by atoms with van der Waals surface area (Å²) in [6.45, 7) is 2.70. The minimum absolute atomic E-state index is 0. The normalized spacial score (nSPS) is 24.6. The Balaban J connectivity index is 0.00000210. The van der Waals surface area contributed by atoms with Gasteiger partial charge in [-0.05, 0) is 29.7 Å². The van der Waals surface area contributed by atoms with Crippen molar-refractivity contribution in [3.63, 3.8) is 0 Å². The molecule has 1 N–H and O–H groups in total. The maximum atomic E-state index is 13.6. The average Bonchev–Trinajstić information content (AvgIpc) is 2.68. The molecule has 1 unspecified atom stereocenters. The molecule has 1 atom stereocenters. The van der Waals surface area contributed by atoms with Crippen molar-refractivity contribution in [2.24, 2.45) is 5.92 Å². The Labute approximate surface area is 165 Å². The van der Waals surface area contributed by atoms with Crippen molar-refractivity contribution >= 4 is 11.7 Å². The van der Waals surface area contributed by atoms with Gasteiger partial charge in [-0.2, -0.15) is 0 Å². The minimum atomic E-state index is -0.662. The summed E-state index contributed by atoms with van der Waals surface area (Å²) < 4.78 is 14.0. The third-order valence-electron chi connectivity index (χ3n) is 5.62. The smallest absolute Gasteiger partial charge is 0.393 e. The molecule has 0 saturated carbocycles. The summed E-state index contributed by atoms with van der Waals surface area (Å²) in [5.74, 6) is 0.153. The summed E-state index contributed by atoms with van der Waals surface area (Å²) in [5.41, 5.74) is 1.38. The van der Waals surface area contributed by atoms with Gasteiger partial charge in [0.25, 0.3) is 0 Å². The van der Waals surface area contributed by atoms with E-state index >= 15 is 0 Å². The van der Waals surface area contributed by atoms with Gasteiger partial charge in [-0.3, -0.25) is 4.84 Å². The molecular weight excluding hydrogens is 367 g/mol. The zero-order valence-electron chi connectivity index (χ0n) is 15.1. The number of carbonyl (C=O) groups excluding carboxylic acids is 1. The Kier molecular flexibility index (Phi) is 6.02. The Hall–Kier alpha value is -2.11. The molecule has 2 aromatic carbocycles. The number of hydrogen-bond acceptors (Lipinski definition) is 3. The SMILES string of the molecule is O=C(O[N+]12CCC(CC1)CC2)C(Nc1cccc(F)c1)c1ccccc1.[Cl-]. The van der Waals surface area contributed by atoms with Crippen LogP contribution < -0.4 is 17.7 Å². The van der Waals surface area contributed by atoms with E-state index in [1.165, 1.54) is 12.1 Å². The maximum absolute atomic E-state index is 13.6. The minimum Gasteiger partial charge on any atom is -1.00 e. The number of nitrogens with one attached hydrogen (secondary N) is 1. The largest absolute Gasteiger partial charge is 1.00 e. The quantitative estimate of drug-likeness (QED) is 0.776. The van der Waals surface area contributed by atoms with Gasteiger partial charge in [0.15, 0.2) is 6.04 Å². The Morgan fingerprint density at radius 2 is 1.70 bits per heavy atom. The third-order valence-corrected chi connectivity index (χ3v) is 5.62. The van der Waals surface area contributed by atoms with E-state index in [9.17, 15) is 9.18 Å². The van der Waals surface area contributed by atoms with Gasteiger partial charge in [0.2, 0.25) is 0 Å². The molecule has 0 aromatic heterocycles. The van der Waals surface area contributed by atoms with Crippen molar-refractivity contribution < 1.29 is 31.1 Å². The number of fused-ring (bicyclic) bond motifs is 3. The number of quaternary nitrogens is 1. The van der Waals surface area contributed by atoms with E-state index in [1.807, 2.05) is 30.3 Å². The number of benzene rings is 2. The second-order valence-electron chi connectivity index (χ2n) is 7.37. The molecule has 0 aliphatic carbocycles. The highest BCUT2D eigenvalue weighted by Gasteiger charge is 2.45. The highest BCUT2D eigenvalue weighted by molar-refractivity contribution is 5.80. The number of nitrogens with zero attached hydrogens (tertiary/aromatic N) is 1. The topological polar surface area (TPSA) is 38.3 Å². The lowest BCUT2D eigenvalue weighted by atomic mass is 9.88. The van der Waals surface area contributed by atoms with Gasteiger partial charge in [-0.15, -0.1) is 4.65 Å². The molecule has 3 aliphatic rings. The second-order valence-corrected chi connectivity index (χ2v) is 7.37. The predicted molar refractivity (Wildman–Crippen MR) is 97.5 cm³/mol. The van der Waals surface area contributed by atoms with Crippen molar-refractivity contribution in [3.8, 4) is 0 Å². The zero-order valence-corrected chi connectivity index (χ0v) is 15.9. The fraction of sp³-hybridized carbons (Fsp3) is 0.381. The monoisotopic (exact) mass is 390 g/mol. The molecule has 3 saturated heterocycles. The molecule has 4 nitrogen and oxygen atoms in total. The molecule has 2 aromatic rings. The first-order valence-corrected chi connectivity index (χ1v) is 9.30. The predicted octanol–water partition coefficient (Wildman–Crippen LogP) is 1.07. The first kappa shape index (κ1) is 19.6. The number of rotatable bonds is 5. The molecule has 3 heterocycles. The molecule has 6 heteroatoms. The summed E-state index contributed by atoms with van der Waals surface area (Å²) in [4.78, 5) is 19.1. The summed E-state index contributed by atoms with van der Waals surface area (Å²) in [6.07, 6.45) is 3.38. The van der Waals surface area contributed by atoms with Crippen molar-refractivity contribution in [2.45, 2.75) is 25.3 Å². The van der Waals surface area contributed by atoms with Gasteiger partial charge in [-0.25, -0.2) is 9.18 Å². The Bertz CT molecular complexity index is 765. The highest BCUT2D eigenvalue weighted by Crippen LogP contribution is 2.35. The molecule has 144 valence electrons. The molecular formula is C21H24ClFN2O2. The summed E-state index contributed by atoms with van der Waals surface area (Å²) in [5, 5.41) is 3.16. The van der Waals surface area contributed by atoms with Crippen LogP contribution in [0.2, 0.25) is 0 Å². The highest BCUT2D eigenvalue weighted by atomic mass is 35.5. The summed E-state index contributed by atoms with van der Waals surface area (Å²) in [6, 6.07) is 15.0. The standard InChI is InChI=1S/C21H24FN2O2.ClH/c22-18-7-4-8-19(15-18)23-20(17-5-2-1-3-6-17)21(25)26-24-12-9-16(10-13-24)11-14-24;/h1-8,15-16,20,23H,9-14H2;1H/q+1;/p-1. The van der Waals surface area contributed by atoms with Gasteiger partial charge >= 0.3 is 5.97 Å². The molecule has 0 spiro atoms. The van der Waals surface area contributed by atoms with Crippen LogP contribution in [0.4, 0.5) is 10.1 Å². The molecule has 2 bridgehead atoms. The van der Waals surface area contributed by atoms with E-state index in [0.717, 1.165) is 50.4 Å². The number of hydroxylamine groups is 3. The van der Waals surface area contributed by atoms with Crippen molar-refractivity contribution in [2.75, 3.05) is 25.0 Å². The molecule has 27 heavy (non-hydrogen) atoms. The van der Waals surface area contributed by atoms with Gasteiger partial charge in [0.1, 0.15) is 25.5 Å². The maximum Gasteiger partial charge on any atom is 0.393 e. The lowest BCUT2D eigenvalue weighted by molar-refractivity contribution is -1.10.